The van der Waals surface area contributed by atoms with Crippen LogP contribution < -0.4 is 4.74 Å². The van der Waals surface area contributed by atoms with Crippen LogP contribution in [0.2, 0.25) is 0 Å². The van der Waals surface area contributed by atoms with Crippen molar-refractivity contribution in [2.45, 2.75) is 70.2 Å². The summed E-state index contributed by atoms with van der Waals surface area (Å²) in [6.07, 6.45) is 8.70. The number of amides is 1. The molecule has 0 unspecified atom stereocenters. The first-order valence-electron chi connectivity index (χ1n) is 11.0. The van der Waals surface area contributed by atoms with Gasteiger partial charge in [-0.15, -0.1) is 0 Å². The standard InChI is InChI=1S/C23H30N4O4S/c1-14(28)30-18-13-27(16-8-10-26(11-9-16)22(29)31-23(2,3)4)20-17(18)7-6-15-12-24-21(32-5)25-19(15)20/h12-13,16H,6-11H2,1-5H3. The summed E-state index contributed by atoms with van der Waals surface area (Å²) in [6, 6.07) is 0.172. The molecule has 1 aliphatic carbocycles. The molecule has 1 amide bonds. The SMILES string of the molecule is CSc1ncc2c(n1)-c1c(c(OC(C)=O)cn1C1CCN(C(=O)OC(C)(C)C)CC1)CC2. The fraction of sp³-hybridized carbons (Fsp3) is 0.565. The van der Waals surface area contributed by atoms with E-state index >= 15 is 0 Å². The van der Waals surface area contributed by atoms with Crippen molar-refractivity contribution in [1.82, 2.24) is 19.4 Å². The van der Waals surface area contributed by atoms with E-state index < -0.39 is 5.60 Å². The van der Waals surface area contributed by atoms with Crippen LogP contribution in [-0.2, 0) is 22.4 Å². The van der Waals surface area contributed by atoms with E-state index in [1.807, 2.05) is 39.4 Å². The maximum atomic E-state index is 12.5. The van der Waals surface area contributed by atoms with Crippen LogP contribution in [0.5, 0.6) is 5.75 Å². The number of nitrogens with zero attached hydrogens (tertiary/aromatic N) is 4. The average molecular weight is 459 g/mol. The number of aryl methyl sites for hydroxylation is 1. The minimum Gasteiger partial charge on any atom is -0.444 e. The summed E-state index contributed by atoms with van der Waals surface area (Å²) >= 11 is 1.51. The molecule has 0 radical (unpaired) electrons. The Morgan fingerprint density at radius 3 is 2.53 bits per heavy atom. The van der Waals surface area contributed by atoms with Gasteiger partial charge in [-0.05, 0) is 58.3 Å². The van der Waals surface area contributed by atoms with Crippen molar-refractivity contribution in [3.63, 3.8) is 0 Å². The van der Waals surface area contributed by atoms with E-state index in [1.165, 1.54) is 18.7 Å². The molecule has 9 heteroatoms. The summed E-state index contributed by atoms with van der Waals surface area (Å²) in [6.45, 7) is 8.28. The number of piperidine rings is 1. The van der Waals surface area contributed by atoms with E-state index in [9.17, 15) is 9.59 Å². The van der Waals surface area contributed by atoms with Gasteiger partial charge >= 0.3 is 12.1 Å². The first kappa shape index (κ1) is 22.6. The molecule has 32 heavy (non-hydrogen) atoms. The van der Waals surface area contributed by atoms with E-state index in [1.54, 1.807) is 4.90 Å². The fourth-order valence-electron chi connectivity index (χ4n) is 4.37. The normalized spacial score (nSPS) is 16.3. The van der Waals surface area contributed by atoms with Crippen molar-refractivity contribution < 1.29 is 19.1 Å². The van der Waals surface area contributed by atoms with Crippen LogP contribution in [0.25, 0.3) is 11.4 Å². The summed E-state index contributed by atoms with van der Waals surface area (Å²) in [4.78, 5) is 35.2. The molecule has 0 bridgehead atoms. The minimum absolute atomic E-state index is 0.172. The molecule has 172 valence electrons. The Morgan fingerprint density at radius 1 is 1.19 bits per heavy atom. The van der Waals surface area contributed by atoms with Gasteiger partial charge in [-0.3, -0.25) is 4.79 Å². The Kier molecular flexibility index (Phi) is 6.20. The number of carbonyl (C=O) groups is 2. The maximum absolute atomic E-state index is 12.5. The van der Waals surface area contributed by atoms with Gasteiger partial charge < -0.3 is 18.9 Å². The predicted molar refractivity (Wildman–Crippen MR) is 122 cm³/mol. The molecule has 2 aliphatic rings. The van der Waals surface area contributed by atoms with Crippen molar-refractivity contribution in [2.24, 2.45) is 0 Å². The zero-order valence-electron chi connectivity index (χ0n) is 19.3. The third kappa shape index (κ3) is 4.62. The molecular formula is C23H30N4O4S. The van der Waals surface area contributed by atoms with Crippen molar-refractivity contribution >= 4 is 23.8 Å². The predicted octanol–water partition coefficient (Wildman–Crippen LogP) is 4.26. The van der Waals surface area contributed by atoms with E-state index in [-0.39, 0.29) is 18.1 Å². The van der Waals surface area contributed by atoms with Gasteiger partial charge in [0.05, 0.1) is 11.4 Å². The Labute approximate surface area is 192 Å². The van der Waals surface area contributed by atoms with Gasteiger partial charge in [0, 0.05) is 44.0 Å². The lowest BCUT2D eigenvalue weighted by Crippen LogP contribution is -2.42. The molecule has 0 N–H and O–H groups in total. The molecule has 1 aliphatic heterocycles. The molecular weight excluding hydrogens is 428 g/mol. The Balaban J connectivity index is 1.65. The van der Waals surface area contributed by atoms with E-state index in [4.69, 9.17) is 14.5 Å². The highest BCUT2D eigenvalue weighted by Gasteiger charge is 2.33. The molecule has 1 fully saturated rings. The summed E-state index contributed by atoms with van der Waals surface area (Å²) in [5.41, 5.74) is 3.54. The Hall–Kier alpha value is -2.55. The van der Waals surface area contributed by atoms with Crippen molar-refractivity contribution in [2.75, 3.05) is 19.3 Å². The first-order chi connectivity index (χ1) is 15.2. The molecule has 0 saturated carbocycles. The monoisotopic (exact) mass is 458 g/mol. The number of fused-ring (bicyclic) bond motifs is 3. The van der Waals surface area contributed by atoms with Crippen LogP contribution >= 0.6 is 11.8 Å². The smallest absolute Gasteiger partial charge is 0.410 e. The molecule has 4 rings (SSSR count). The van der Waals surface area contributed by atoms with Crippen LogP contribution in [0.1, 0.15) is 57.7 Å². The molecule has 0 atom stereocenters. The maximum Gasteiger partial charge on any atom is 0.410 e. The molecule has 0 spiro atoms. The zero-order valence-corrected chi connectivity index (χ0v) is 20.1. The molecule has 3 heterocycles. The van der Waals surface area contributed by atoms with Gasteiger partial charge in [0.25, 0.3) is 0 Å². The highest BCUT2D eigenvalue weighted by atomic mass is 32.2. The second-order valence-corrected chi connectivity index (χ2v) is 10.0. The number of esters is 1. The molecule has 0 aromatic carbocycles. The number of carbonyl (C=O) groups excluding carboxylic acids is 2. The van der Waals surface area contributed by atoms with Gasteiger partial charge in [-0.1, -0.05) is 11.8 Å². The van der Waals surface area contributed by atoms with Gasteiger partial charge in [-0.25, -0.2) is 14.8 Å². The van der Waals surface area contributed by atoms with Crippen LogP contribution in [-0.4, -0.2) is 56.4 Å². The average Bonchev–Trinajstić information content (AvgIpc) is 3.10. The summed E-state index contributed by atoms with van der Waals surface area (Å²) < 4.78 is 13.3. The quantitative estimate of drug-likeness (QED) is 0.386. The van der Waals surface area contributed by atoms with Crippen molar-refractivity contribution in [3.8, 4) is 17.1 Å². The number of rotatable bonds is 3. The third-order valence-corrected chi connectivity index (χ3v) is 6.32. The van der Waals surface area contributed by atoms with E-state index in [0.717, 1.165) is 53.4 Å². The number of hydrogen-bond donors (Lipinski definition) is 0. The summed E-state index contributed by atoms with van der Waals surface area (Å²) in [7, 11) is 0. The zero-order chi connectivity index (χ0) is 23.0. The molecule has 2 aromatic rings. The lowest BCUT2D eigenvalue weighted by molar-refractivity contribution is -0.131. The number of likely N-dealkylation sites (tertiary alicyclic amines) is 1. The van der Waals surface area contributed by atoms with Crippen molar-refractivity contribution in [1.29, 1.82) is 0 Å². The van der Waals surface area contributed by atoms with Crippen LogP contribution in [0.3, 0.4) is 0 Å². The van der Waals surface area contributed by atoms with Gasteiger partial charge in [0.2, 0.25) is 0 Å². The van der Waals surface area contributed by atoms with E-state index in [2.05, 4.69) is 9.55 Å². The second kappa shape index (κ2) is 8.77. The molecule has 2 aromatic heterocycles. The van der Waals surface area contributed by atoms with Crippen LogP contribution in [0, 0.1) is 0 Å². The molecule has 8 nitrogen and oxygen atoms in total. The first-order valence-corrected chi connectivity index (χ1v) is 12.2. The summed E-state index contributed by atoms with van der Waals surface area (Å²) in [5.74, 6) is 0.278. The minimum atomic E-state index is -0.509. The molecule has 1 saturated heterocycles. The highest BCUT2D eigenvalue weighted by Crippen LogP contribution is 2.42. The number of hydrogen-bond acceptors (Lipinski definition) is 7. The van der Waals surface area contributed by atoms with Gasteiger partial charge in [0.1, 0.15) is 5.60 Å². The number of ether oxygens (including phenoxy) is 2. The van der Waals surface area contributed by atoms with Crippen LogP contribution in [0.4, 0.5) is 4.79 Å². The lowest BCUT2D eigenvalue weighted by Gasteiger charge is -2.35. The van der Waals surface area contributed by atoms with Gasteiger partial charge in [-0.2, -0.15) is 0 Å². The highest BCUT2D eigenvalue weighted by molar-refractivity contribution is 7.98. The number of aromatic nitrogens is 3. The summed E-state index contributed by atoms with van der Waals surface area (Å²) in [5, 5.41) is 0.720. The lowest BCUT2D eigenvalue weighted by atomic mass is 9.94. The largest absolute Gasteiger partial charge is 0.444 e. The Bertz CT molecular complexity index is 1040. The number of thioether (sulfide) groups is 1. The van der Waals surface area contributed by atoms with Crippen molar-refractivity contribution in [3.05, 3.63) is 23.5 Å². The fourth-order valence-corrected chi connectivity index (χ4v) is 4.71. The second-order valence-electron chi connectivity index (χ2n) is 9.25. The Morgan fingerprint density at radius 2 is 1.91 bits per heavy atom. The van der Waals surface area contributed by atoms with Gasteiger partial charge in [0.15, 0.2) is 10.9 Å². The topological polar surface area (TPSA) is 86.6 Å². The van der Waals surface area contributed by atoms with Crippen LogP contribution in [0.15, 0.2) is 17.6 Å². The van der Waals surface area contributed by atoms with E-state index in [0.29, 0.717) is 18.8 Å². The third-order valence-electron chi connectivity index (χ3n) is 5.75.